The smallest absolute Gasteiger partial charge is 0.178 e. The van der Waals surface area contributed by atoms with E-state index < -0.39 is 5.60 Å². The highest BCUT2D eigenvalue weighted by Crippen LogP contribution is 2.63. The van der Waals surface area contributed by atoms with Crippen molar-refractivity contribution in [3.05, 3.63) is 118 Å². The molecule has 0 amide bonds. The lowest BCUT2D eigenvalue weighted by atomic mass is 9.67. The summed E-state index contributed by atoms with van der Waals surface area (Å²) in [6.45, 7) is 0.645. The van der Waals surface area contributed by atoms with E-state index in [1.807, 2.05) is 24.3 Å². The summed E-state index contributed by atoms with van der Waals surface area (Å²) in [4.78, 5) is 0. The Hall–Kier alpha value is -4.90. The van der Waals surface area contributed by atoms with Crippen LogP contribution in [0.2, 0.25) is 0 Å². The van der Waals surface area contributed by atoms with Crippen molar-refractivity contribution in [2.45, 2.75) is 62.4 Å². The van der Waals surface area contributed by atoms with Crippen LogP contribution in [0.3, 0.4) is 0 Å². The predicted octanol–water partition coefficient (Wildman–Crippen LogP) is 10.2. The molecule has 248 valence electrons. The Balaban J connectivity index is 1.39. The van der Waals surface area contributed by atoms with Crippen LogP contribution in [-0.2, 0) is 17.4 Å². The molecule has 0 bridgehead atoms. The van der Waals surface area contributed by atoms with Gasteiger partial charge in [-0.3, -0.25) is 0 Å². The Labute approximate surface area is 288 Å². The van der Waals surface area contributed by atoms with Gasteiger partial charge >= 0.3 is 0 Å². The molecule has 0 saturated heterocycles. The van der Waals surface area contributed by atoms with Crippen molar-refractivity contribution >= 4 is 16.8 Å². The molecule has 0 N–H and O–H groups in total. The zero-order chi connectivity index (χ0) is 33.2. The molecule has 1 spiro atoms. The average molecular weight is 651 g/mol. The molecule has 2 aliphatic heterocycles. The molecule has 1 saturated carbocycles. The van der Waals surface area contributed by atoms with Crippen molar-refractivity contribution in [2.24, 2.45) is 0 Å². The summed E-state index contributed by atoms with van der Waals surface area (Å²) in [6.07, 6.45) is 14.1. The molecular weight excluding hydrogens is 608 g/mol. The van der Waals surface area contributed by atoms with Gasteiger partial charge in [0, 0.05) is 44.9 Å². The fraction of sp³-hybridized carbons (Fsp3) is 0.318. The van der Waals surface area contributed by atoms with Crippen molar-refractivity contribution in [1.82, 2.24) is 0 Å². The fourth-order valence-corrected chi connectivity index (χ4v) is 9.35. The average Bonchev–Trinajstić information content (AvgIpc) is 3.75. The van der Waals surface area contributed by atoms with Gasteiger partial charge in [0.25, 0.3) is 0 Å². The zero-order valence-corrected chi connectivity index (χ0v) is 28.6. The lowest BCUT2D eigenvalue weighted by molar-refractivity contribution is 0.163. The van der Waals surface area contributed by atoms with E-state index >= 15 is 0 Å². The monoisotopic (exact) mass is 650 g/mol. The second kappa shape index (κ2) is 11.6. The lowest BCUT2D eigenvalue weighted by Gasteiger charge is -2.40. The Bertz CT molecular complexity index is 2050. The van der Waals surface area contributed by atoms with Gasteiger partial charge in [-0.05, 0) is 71.5 Å². The van der Waals surface area contributed by atoms with Crippen LogP contribution >= 0.6 is 0 Å². The number of hydrogen-bond donors (Lipinski definition) is 0. The quantitative estimate of drug-likeness (QED) is 0.189. The first kappa shape index (κ1) is 30.2. The van der Waals surface area contributed by atoms with E-state index in [-0.39, 0.29) is 5.41 Å². The maximum atomic E-state index is 7.66. The van der Waals surface area contributed by atoms with Gasteiger partial charge in [-0.15, -0.1) is 0 Å². The third-order valence-corrected chi connectivity index (χ3v) is 11.6. The van der Waals surface area contributed by atoms with Crippen LogP contribution < -0.4 is 23.7 Å². The van der Waals surface area contributed by atoms with E-state index in [9.17, 15) is 0 Å². The molecule has 0 atom stereocenters. The first-order valence-electron chi connectivity index (χ1n) is 17.8. The van der Waals surface area contributed by atoms with Gasteiger partial charge in [-0.25, -0.2) is 0 Å². The van der Waals surface area contributed by atoms with E-state index in [1.54, 1.807) is 21.3 Å². The fourth-order valence-electron chi connectivity index (χ4n) is 9.35. The predicted molar refractivity (Wildman–Crippen MR) is 195 cm³/mol. The van der Waals surface area contributed by atoms with Gasteiger partial charge in [0.15, 0.2) is 17.1 Å². The summed E-state index contributed by atoms with van der Waals surface area (Å²) < 4.78 is 31.1. The zero-order valence-electron chi connectivity index (χ0n) is 28.6. The van der Waals surface area contributed by atoms with Crippen LogP contribution in [0.25, 0.3) is 28.0 Å². The minimum atomic E-state index is -0.894. The van der Waals surface area contributed by atoms with Gasteiger partial charge in [-0.2, -0.15) is 0 Å². The van der Waals surface area contributed by atoms with E-state index in [0.717, 1.165) is 64.5 Å². The summed E-state index contributed by atoms with van der Waals surface area (Å²) in [7, 11) is 5.14. The lowest BCUT2D eigenvalue weighted by Crippen LogP contribution is -2.35. The van der Waals surface area contributed by atoms with Crippen molar-refractivity contribution in [2.75, 3.05) is 27.9 Å². The van der Waals surface area contributed by atoms with Crippen LogP contribution in [0.4, 0.5) is 0 Å². The first-order valence-corrected chi connectivity index (χ1v) is 17.8. The molecule has 9 rings (SSSR count). The van der Waals surface area contributed by atoms with Crippen molar-refractivity contribution in [3.63, 3.8) is 0 Å². The molecule has 2 aliphatic carbocycles. The van der Waals surface area contributed by atoms with E-state index in [4.69, 9.17) is 23.7 Å². The molecule has 5 nitrogen and oxygen atoms in total. The summed E-state index contributed by atoms with van der Waals surface area (Å²) in [5.74, 6) is 4.15. The standard InChI is InChI=1S/C44H42O5/c1-45-30-17-13-28(14-18-30)44(29-15-19-31(46-2)20-16-29)25-21-34-40-39(32-11-7-8-12-36(32)43(40)23-9-5-4-6-10-24-43)38-33-22-26-48-42(33)37(47-3)27-35(38)41(34)49-44/h7-8,11-21,25,27H,4-6,9-10,22-24,26H2,1-3H3. The number of rotatable bonds is 5. The first-order chi connectivity index (χ1) is 24.1. The van der Waals surface area contributed by atoms with Crippen molar-refractivity contribution < 1.29 is 23.7 Å². The Morgan fingerprint density at radius 3 is 2.00 bits per heavy atom. The molecule has 5 heteroatoms. The normalized spacial score (nSPS) is 17.9. The maximum absolute atomic E-state index is 7.66. The van der Waals surface area contributed by atoms with E-state index in [0.29, 0.717) is 6.61 Å². The highest BCUT2D eigenvalue weighted by Gasteiger charge is 2.49. The number of methoxy groups -OCH3 is 3. The molecule has 4 aliphatic rings. The maximum Gasteiger partial charge on any atom is 0.178 e. The molecular formula is C44H42O5. The van der Waals surface area contributed by atoms with Gasteiger partial charge in [0.1, 0.15) is 17.2 Å². The number of hydrogen-bond acceptors (Lipinski definition) is 5. The highest BCUT2D eigenvalue weighted by atomic mass is 16.5. The van der Waals surface area contributed by atoms with Crippen LogP contribution in [0, 0.1) is 0 Å². The van der Waals surface area contributed by atoms with Gasteiger partial charge in [0.05, 0.1) is 27.9 Å². The largest absolute Gasteiger partial charge is 0.497 e. The third kappa shape index (κ3) is 4.37. The summed E-state index contributed by atoms with van der Waals surface area (Å²) in [6, 6.07) is 27.9. The van der Waals surface area contributed by atoms with Crippen LogP contribution in [0.5, 0.6) is 28.7 Å². The minimum absolute atomic E-state index is 0.0786. The Morgan fingerprint density at radius 2 is 1.35 bits per heavy atom. The summed E-state index contributed by atoms with van der Waals surface area (Å²) in [5, 5.41) is 2.32. The SMILES string of the molecule is COc1ccc(C2(c3ccc(OC)cc3)C=Cc3c4c(c5c6c(c(OC)cc5c3O2)OCC6)-c2ccccc2C42CCCCCCC2)cc1. The number of benzene rings is 5. The van der Waals surface area contributed by atoms with E-state index in [1.165, 1.54) is 70.9 Å². The van der Waals surface area contributed by atoms with Gasteiger partial charge in [-0.1, -0.05) is 86.7 Å². The topological polar surface area (TPSA) is 46.2 Å². The Morgan fingerprint density at radius 1 is 0.694 bits per heavy atom. The van der Waals surface area contributed by atoms with E-state index in [2.05, 4.69) is 66.7 Å². The van der Waals surface area contributed by atoms with Gasteiger partial charge < -0.3 is 23.7 Å². The molecule has 2 heterocycles. The number of fused-ring (bicyclic) bond motifs is 12. The molecule has 1 fully saturated rings. The molecule has 0 aromatic heterocycles. The summed E-state index contributed by atoms with van der Waals surface area (Å²) >= 11 is 0. The minimum Gasteiger partial charge on any atom is -0.497 e. The second-order valence-electron chi connectivity index (χ2n) is 13.9. The Kier molecular flexibility index (Phi) is 7.15. The second-order valence-corrected chi connectivity index (χ2v) is 13.9. The van der Waals surface area contributed by atoms with Crippen LogP contribution in [-0.4, -0.2) is 27.9 Å². The van der Waals surface area contributed by atoms with Gasteiger partial charge in [0.2, 0.25) is 0 Å². The molecule has 5 aromatic carbocycles. The molecule has 49 heavy (non-hydrogen) atoms. The molecule has 0 radical (unpaired) electrons. The third-order valence-electron chi connectivity index (χ3n) is 11.6. The van der Waals surface area contributed by atoms with Crippen LogP contribution in [0.15, 0.2) is 84.9 Å². The van der Waals surface area contributed by atoms with Crippen molar-refractivity contribution in [1.29, 1.82) is 0 Å². The molecule has 0 unspecified atom stereocenters. The molecule has 5 aromatic rings. The number of ether oxygens (including phenoxy) is 5. The van der Waals surface area contributed by atoms with Crippen molar-refractivity contribution in [3.8, 4) is 39.9 Å². The summed E-state index contributed by atoms with van der Waals surface area (Å²) in [5.41, 5.74) is 9.13. The van der Waals surface area contributed by atoms with Crippen LogP contribution in [0.1, 0.15) is 78.3 Å². The highest BCUT2D eigenvalue weighted by molar-refractivity contribution is 6.11.